The van der Waals surface area contributed by atoms with Crippen molar-refractivity contribution in [2.45, 2.75) is 39.3 Å². The van der Waals surface area contributed by atoms with Gasteiger partial charge in [0.2, 0.25) is 0 Å². The second-order valence-corrected chi connectivity index (χ2v) is 6.63. The van der Waals surface area contributed by atoms with Crippen molar-refractivity contribution in [3.8, 4) is 0 Å². The molecule has 2 heterocycles. The lowest BCUT2D eigenvalue weighted by molar-refractivity contribution is -0.145. The number of hydrogen-bond acceptors (Lipinski definition) is 3. The Balaban J connectivity index is 1.58. The van der Waals surface area contributed by atoms with Crippen LogP contribution in [-0.4, -0.2) is 43.4 Å². The predicted octanol–water partition coefficient (Wildman–Crippen LogP) is 2.93. The molecule has 3 nitrogen and oxygen atoms in total. The summed E-state index contributed by atoms with van der Waals surface area (Å²) in [5, 5.41) is 0. The minimum Gasteiger partial charge on any atom is -0.381 e. The number of ether oxygens (including phenoxy) is 2. The molecule has 2 aliphatic rings. The summed E-state index contributed by atoms with van der Waals surface area (Å²) in [6.07, 6.45) is 1.15. The summed E-state index contributed by atoms with van der Waals surface area (Å²) < 4.78 is 11.7. The Morgan fingerprint density at radius 1 is 1.33 bits per heavy atom. The topological polar surface area (TPSA) is 21.7 Å². The van der Waals surface area contributed by atoms with Crippen LogP contribution in [0.25, 0.3) is 0 Å². The highest BCUT2D eigenvalue weighted by atomic mass is 16.5. The molecule has 1 aromatic carbocycles. The number of nitrogens with zero attached hydrogens (tertiary/aromatic N) is 1. The maximum atomic E-state index is 6.09. The molecule has 0 radical (unpaired) electrons. The molecule has 0 aromatic heterocycles. The van der Waals surface area contributed by atoms with Crippen LogP contribution < -0.4 is 0 Å². The second-order valence-electron chi connectivity index (χ2n) is 6.63. The van der Waals surface area contributed by atoms with Gasteiger partial charge < -0.3 is 9.47 Å². The van der Waals surface area contributed by atoms with Gasteiger partial charge in [-0.1, -0.05) is 23.8 Å². The van der Waals surface area contributed by atoms with Gasteiger partial charge in [0.1, 0.15) is 0 Å². The van der Waals surface area contributed by atoms with Crippen LogP contribution in [-0.2, 0) is 16.0 Å². The third kappa shape index (κ3) is 3.01. The van der Waals surface area contributed by atoms with Gasteiger partial charge in [0, 0.05) is 38.8 Å². The van der Waals surface area contributed by atoms with Gasteiger partial charge in [-0.15, -0.1) is 0 Å². The molecule has 0 bridgehead atoms. The smallest absolute Gasteiger partial charge is 0.0985 e. The molecule has 2 aliphatic heterocycles. The van der Waals surface area contributed by atoms with Crippen molar-refractivity contribution in [2.75, 3.05) is 32.9 Å². The van der Waals surface area contributed by atoms with E-state index in [2.05, 4.69) is 43.9 Å². The van der Waals surface area contributed by atoms with E-state index in [1.54, 1.807) is 0 Å². The monoisotopic (exact) mass is 289 g/mol. The van der Waals surface area contributed by atoms with Gasteiger partial charge in [0.05, 0.1) is 12.2 Å². The number of aryl methyl sites for hydroxylation is 2. The van der Waals surface area contributed by atoms with Crippen molar-refractivity contribution in [3.05, 3.63) is 34.9 Å². The van der Waals surface area contributed by atoms with Crippen molar-refractivity contribution in [1.29, 1.82) is 0 Å². The standard InChI is InChI=1S/C18H27NO2/c1-4-20-11-17-7-8-21-18(17)12-19(13-18)10-16-9-14(2)5-6-15(16)3/h5-6,9,17H,4,7-8,10-13H2,1-3H3/t17-/m0/s1. The molecule has 1 spiro atoms. The van der Waals surface area contributed by atoms with Crippen LogP contribution in [0.5, 0.6) is 0 Å². The normalized spacial score (nSPS) is 24.4. The molecule has 0 N–H and O–H groups in total. The van der Waals surface area contributed by atoms with E-state index in [9.17, 15) is 0 Å². The maximum Gasteiger partial charge on any atom is 0.0985 e. The zero-order valence-corrected chi connectivity index (χ0v) is 13.5. The largest absolute Gasteiger partial charge is 0.381 e. The molecule has 0 amide bonds. The van der Waals surface area contributed by atoms with E-state index in [4.69, 9.17) is 9.47 Å². The molecule has 116 valence electrons. The van der Waals surface area contributed by atoms with E-state index in [0.717, 1.165) is 45.9 Å². The summed E-state index contributed by atoms with van der Waals surface area (Å²) >= 11 is 0. The fourth-order valence-electron chi connectivity index (χ4n) is 3.66. The Morgan fingerprint density at radius 2 is 2.14 bits per heavy atom. The molecule has 2 fully saturated rings. The molecule has 3 heteroatoms. The van der Waals surface area contributed by atoms with E-state index in [-0.39, 0.29) is 5.60 Å². The first-order valence-electron chi connectivity index (χ1n) is 8.13. The van der Waals surface area contributed by atoms with Gasteiger partial charge >= 0.3 is 0 Å². The van der Waals surface area contributed by atoms with Crippen molar-refractivity contribution in [2.24, 2.45) is 5.92 Å². The number of rotatable bonds is 5. The van der Waals surface area contributed by atoms with Crippen molar-refractivity contribution in [1.82, 2.24) is 4.90 Å². The fourth-order valence-corrected chi connectivity index (χ4v) is 3.66. The first kappa shape index (κ1) is 15.0. The van der Waals surface area contributed by atoms with Crippen molar-refractivity contribution < 1.29 is 9.47 Å². The minimum atomic E-state index is 0.0763. The average Bonchev–Trinajstić information content (AvgIpc) is 2.84. The SMILES string of the molecule is CCOC[C@@H]1CCOC12CN(Cc1cc(C)ccc1C)C2. The molecule has 1 atom stereocenters. The van der Waals surface area contributed by atoms with Crippen LogP contribution in [0.2, 0.25) is 0 Å². The average molecular weight is 289 g/mol. The lowest BCUT2D eigenvalue weighted by atomic mass is 9.81. The third-order valence-electron chi connectivity index (χ3n) is 5.00. The van der Waals surface area contributed by atoms with Crippen molar-refractivity contribution in [3.63, 3.8) is 0 Å². The Bertz CT molecular complexity index is 494. The summed E-state index contributed by atoms with van der Waals surface area (Å²) in [4.78, 5) is 2.51. The van der Waals surface area contributed by atoms with E-state index < -0.39 is 0 Å². The Kier molecular flexibility index (Phi) is 4.34. The van der Waals surface area contributed by atoms with Crippen LogP contribution in [0.15, 0.2) is 18.2 Å². The van der Waals surface area contributed by atoms with Crippen LogP contribution >= 0.6 is 0 Å². The summed E-state index contributed by atoms with van der Waals surface area (Å²) in [6, 6.07) is 6.73. The molecular formula is C18H27NO2. The van der Waals surface area contributed by atoms with Crippen LogP contribution in [0.1, 0.15) is 30.0 Å². The minimum absolute atomic E-state index is 0.0763. The quantitative estimate of drug-likeness (QED) is 0.832. The van der Waals surface area contributed by atoms with Crippen molar-refractivity contribution >= 4 is 0 Å². The Labute approximate surface area is 128 Å². The summed E-state index contributed by atoms with van der Waals surface area (Å²) in [7, 11) is 0. The maximum absolute atomic E-state index is 6.09. The molecule has 0 unspecified atom stereocenters. The van der Waals surface area contributed by atoms with E-state index in [1.165, 1.54) is 16.7 Å². The zero-order chi connectivity index (χ0) is 14.9. The summed E-state index contributed by atoms with van der Waals surface area (Å²) in [5.74, 6) is 0.576. The molecule has 1 aromatic rings. The number of benzene rings is 1. The lowest BCUT2D eigenvalue weighted by Crippen LogP contribution is -2.64. The van der Waals surface area contributed by atoms with Gasteiger partial charge in [-0.05, 0) is 38.3 Å². The first-order valence-corrected chi connectivity index (χ1v) is 8.13. The number of likely N-dealkylation sites (tertiary alicyclic amines) is 1. The molecular weight excluding hydrogens is 262 g/mol. The molecule has 0 saturated carbocycles. The first-order chi connectivity index (χ1) is 10.1. The van der Waals surface area contributed by atoms with E-state index >= 15 is 0 Å². The van der Waals surface area contributed by atoms with Crippen LogP contribution in [0.3, 0.4) is 0 Å². The fraction of sp³-hybridized carbons (Fsp3) is 0.667. The highest BCUT2D eigenvalue weighted by Gasteiger charge is 2.52. The van der Waals surface area contributed by atoms with E-state index in [0.29, 0.717) is 5.92 Å². The zero-order valence-electron chi connectivity index (χ0n) is 13.5. The highest BCUT2D eigenvalue weighted by molar-refractivity contribution is 5.30. The molecule has 2 saturated heterocycles. The van der Waals surface area contributed by atoms with Crippen LogP contribution in [0, 0.1) is 19.8 Å². The molecule has 21 heavy (non-hydrogen) atoms. The Hall–Kier alpha value is -0.900. The van der Waals surface area contributed by atoms with Gasteiger partial charge in [-0.2, -0.15) is 0 Å². The van der Waals surface area contributed by atoms with Crippen LogP contribution in [0.4, 0.5) is 0 Å². The summed E-state index contributed by atoms with van der Waals surface area (Å²) in [5.41, 5.74) is 4.26. The highest BCUT2D eigenvalue weighted by Crippen LogP contribution is 2.40. The molecule has 0 aliphatic carbocycles. The van der Waals surface area contributed by atoms with Gasteiger partial charge in [-0.25, -0.2) is 0 Å². The summed E-state index contributed by atoms with van der Waals surface area (Å²) in [6.45, 7) is 12.1. The van der Waals surface area contributed by atoms with E-state index in [1.807, 2.05) is 0 Å². The Morgan fingerprint density at radius 3 is 2.90 bits per heavy atom. The van der Waals surface area contributed by atoms with Gasteiger partial charge in [0.15, 0.2) is 0 Å². The lowest BCUT2D eigenvalue weighted by Gasteiger charge is -2.50. The number of hydrogen-bond donors (Lipinski definition) is 0. The van der Waals surface area contributed by atoms with Gasteiger partial charge in [-0.3, -0.25) is 4.90 Å². The molecule has 3 rings (SSSR count). The van der Waals surface area contributed by atoms with Gasteiger partial charge in [0.25, 0.3) is 0 Å². The second kappa shape index (κ2) is 6.07. The third-order valence-corrected chi connectivity index (χ3v) is 5.00. The predicted molar refractivity (Wildman–Crippen MR) is 84.5 cm³/mol.